The van der Waals surface area contributed by atoms with Crippen LogP contribution in [0.1, 0.15) is 11.4 Å². The van der Waals surface area contributed by atoms with Crippen molar-refractivity contribution in [3.63, 3.8) is 0 Å². The Morgan fingerprint density at radius 1 is 1.42 bits per heavy atom. The molecule has 2 rings (SSSR count). The zero-order chi connectivity index (χ0) is 13.7. The first-order chi connectivity index (χ1) is 9.17. The molecule has 6 heteroatoms. The second kappa shape index (κ2) is 6.68. The lowest BCUT2D eigenvalue weighted by Gasteiger charge is -2.13. The van der Waals surface area contributed by atoms with E-state index in [1.165, 1.54) is 15.3 Å². The summed E-state index contributed by atoms with van der Waals surface area (Å²) in [4.78, 5) is 2.79. The molecule has 19 heavy (non-hydrogen) atoms. The Labute approximate surface area is 117 Å². The van der Waals surface area contributed by atoms with E-state index in [2.05, 4.69) is 51.9 Å². The van der Waals surface area contributed by atoms with E-state index < -0.39 is 0 Å². The molecule has 0 spiro atoms. The molecule has 0 aliphatic carbocycles. The van der Waals surface area contributed by atoms with Gasteiger partial charge in [0.25, 0.3) is 0 Å². The Hall–Kier alpha value is -1.40. The van der Waals surface area contributed by atoms with Crippen LogP contribution in [0.3, 0.4) is 0 Å². The summed E-state index contributed by atoms with van der Waals surface area (Å²) in [6.07, 6.45) is 0.795. The van der Waals surface area contributed by atoms with Gasteiger partial charge in [-0.05, 0) is 31.3 Å². The highest BCUT2D eigenvalue weighted by atomic mass is 32.2. The van der Waals surface area contributed by atoms with E-state index >= 15 is 0 Å². The van der Waals surface area contributed by atoms with E-state index in [1.807, 2.05) is 18.8 Å². The largest absolute Gasteiger partial charge is 0.316 e. The first kappa shape index (κ1) is 14.0. The van der Waals surface area contributed by atoms with Crippen LogP contribution in [-0.2, 0) is 13.5 Å². The highest BCUT2D eigenvalue weighted by molar-refractivity contribution is 7.99. The molecule has 0 aliphatic rings. The monoisotopic (exact) mass is 277 g/mol. The van der Waals surface area contributed by atoms with Gasteiger partial charge in [0.15, 0.2) is 5.82 Å². The average molecular weight is 277 g/mol. The van der Waals surface area contributed by atoms with Gasteiger partial charge in [-0.1, -0.05) is 17.7 Å². The fraction of sp³-hybridized carbons (Fsp3) is 0.462. The molecule has 0 bridgehead atoms. The summed E-state index contributed by atoms with van der Waals surface area (Å²) in [5.41, 5.74) is 1.29. The minimum Gasteiger partial charge on any atom is -0.316 e. The topological polar surface area (TPSA) is 55.6 Å². The zero-order valence-corrected chi connectivity index (χ0v) is 12.3. The maximum atomic E-state index is 4.21. The van der Waals surface area contributed by atoms with Gasteiger partial charge in [-0.3, -0.25) is 0 Å². The molecule has 1 atom stereocenters. The number of hydrogen-bond donors (Lipinski definition) is 1. The predicted molar refractivity (Wildman–Crippen MR) is 77.3 cm³/mol. The average Bonchev–Trinajstić information content (AvgIpc) is 2.80. The number of rotatable bonds is 6. The summed E-state index contributed by atoms with van der Waals surface area (Å²) >= 11 is 1.85. The number of aryl methyl sites for hydroxylation is 2. The summed E-state index contributed by atoms with van der Waals surface area (Å²) in [5.74, 6) is 1.77. The molecular formula is C13H19N5S. The van der Waals surface area contributed by atoms with Gasteiger partial charge in [-0.2, -0.15) is 4.80 Å². The van der Waals surface area contributed by atoms with Crippen LogP contribution in [0.15, 0.2) is 29.2 Å². The third-order valence-corrected chi connectivity index (χ3v) is 3.98. The number of hydrogen-bond acceptors (Lipinski definition) is 5. The van der Waals surface area contributed by atoms with Crippen molar-refractivity contribution in [2.45, 2.75) is 24.3 Å². The van der Waals surface area contributed by atoms with Crippen LogP contribution in [0.4, 0.5) is 0 Å². The van der Waals surface area contributed by atoms with Gasteiger partial charge in [0.05, 0.1) is 7.05 Å². The Balaban J connectivity index is 1.89. The first-order valence-corrected chi connectivity index (χ1v) is 7.25. The summed E-state index contributed by atoms with van der Waals surface area (Å²) in [6, 6.07) is 8.90. The normalized spacial score (nSPS) is 12.6. The van der Waals surface area contributed by atoms with Crippen molar-refractivity contribution in [3.8, 4) is 0 Å². The van der Waals surface area contributed by atoms with Gasteiger partial charge in [0.1, 0.15) is 0 Å². The third-order valence-electron chi connectivity index (χ3n) is 2.83. The van der Waals surface area contributed by atoms with Gasteiger partial charge in [-0.25, -0.2) is 0 Å². The molecule has 1 heterocycles. The quantitative estimate of drug-likeness (QED) is 0.810. The fourth-order valence-corrected chi connectivity index (χ4v) is 2.89. The number of aromatic nitrogens is 4. The molecule has 0 fully saturated rings. The Morgan fingerprint density at radius 2 is 2.26 bits per heavy atom. The van der Waals surface area contributed by atoms with Gasteiger partial charge in [0.2, 0.25) is 0 Å². The molecule has 0 amide bonds. The SMILES string of the molecule is CNC(CSc1cccc(C)c1)Cc1nnn(C)n1. The molecule has 0 radical (unpaired) electrons. The molecule has 2 aromatic rings. The molecule has 1 aromatic carbocycles. The van der Waals surface area contributed by atoms with Crippen LogP contribution in [0, 0.1) is 6.92 Å². The number of thioether (sulfide) groups is 1. The number of nitrogens with zero attached hydrogens (tertiary/aromatic N) is 4. The predicted octanol–water partition coefficient (Wildman–Crippen LogP) is 1.44. The molecule has 102 valence electrons. The number of benzene rings is 1. The smallest absolute Gasteiger partial charge is 0.176 e. The second-order valence-corrected chi connectivity index (χ2v) is 5.61. The Morgan fingerprint density at radius 3 is 2.89 bits per heavy atom. The molecule has 1 aromatic heterocycles. The van der Waals surface area contributed by atoms with Crippen LogP contribution in [0.2, 0.25) is 0 Å². The molecule has 1 N–H and O–H groups in total. The van der Waals surface area contributed by atoms with Crippen molar-refractivity contribution < 1.29 is 0 Å². The van der Waals surface area contributed by atoms with Crippen LogP contribution in [0.25, 0.3) is 0 Å². The number of tetrazole rings is 1. The van der Waals surface area contributed by atoms with E-state index in [0.29, 0.717) is 6.04 Å². The summed E-state index contributed by atoms with van der Waals surface area (Å²) in [7, 11) is 3.75. The second-order valence-electron chi connectivity index (χ2n) is 4.51. The summed E-state index contributed by atoms with van der Waals surface area (Å²) < 4.78 is 0. The van der Waals surface area contributed by atoms with Crippen molar-refractivity contribution in [2.24, 2.45) is 7.05 Å². The van der Waals surface area contributed by atoms with E-state index in [0.717, 1.165) is 18.0 Å². The van der Waals surface area contributed by atoms with Crippen molar-refractivity contribution in [2.75, 3.05) is 12.8 Å². The third kappa shape index (κ3) is 4.33. The molecule has 0 saturated carbocycles. The van der Waals surface area contributed by atoms with Crippen molar-refractivity contribution in [3.05, 3.63) is 35.7 Å². The summed E-state index contributed by atoms with van der Waals surface area (Å²) in [5, 5.41) is 15.4. The van der Waals surface area contributed by atoms with Crippen molar-refractivity contribution in [1.29, 1.82) is 0 Å². The van der Waals surface area contributed by atoms with E-state index in [9.17, 15) is 0 Å². The van der Waals surface area contributed by atoms with E-state index in [1.54, 1.807) is 7.05 Å². The minimum atomic E-state index is 0.342. The van der Waals surface area contributed by atoms with Gasteiger partial charge < -0.3 is 5.32 Å². The van der Waals surface area contributed by atoms with Crippen LogP contribution in [0.5, 0.6) is 0 Å². The van der Waals surface area contributed by atoms with Crippen LogP contribution < -0.4 is 5.32 Å². The lowest BCUT2D eigenvalue weighted by molar-refractivity contribution is 0.591. The van der Waals surface area contributed by atoms with Crippen molar-refractivity contribution >= 4 is 11.8 Å². The lowest BCUT2D eigenvalue weighted by Crippen LogP contribution is -2.30. The van der Waals surface area contributed by atoms with Crippen LogP contribution >= 0.6 is 11.8 Å². The maximum Gasteiger partial charge on any atom is 0.176 e. The van der Waals surface area contributed by atoms with E-state index in [-0.39, 0.29) is 0 Å². The molecule has 0 aliphatic heterocycles. The molecule has 0 saturated heterocycles. The van der Waals surface area contributed by atoms with Gasteiger partial charge in [0, 0.05) is 23.1 Å². The number of likely N-dealkylation sites (N-methyl/N-ethyl adjacent to an activating group) is 1. The highest BCUT2D eigenvalue weighted by Crippen LogP contribution is 2.20. The fourth-order valence-electron chi connectivity index (χ4n) is 1.77. The molecule has 5 nitrogen and oxygen atoms in total. The van der Waals surface area contributed by atoms with Crippen molar-refractivity contribution in [1.82, 2.24) is 25.5 Å². The Kier molecular flexibility index (Phi) is 4.93. The lowest BCUT2D eigenvalue weighted by atomic mass is 10.2. The standard InChI is InChI=1S/C13H19N5S/c1-10-5-4-6-12(7-10)19-9-11(14-2)8-13-15-17-18(3)16-13/h4-7,11,14H,8-9H2,1-3H3. The first-order valence-electron chi connectivity index (χ1n) is 6.27. The zero-order valence-electron chi connectivity index (χ0n) is 11.5. The minimum absolute atomic E-state index is 0.342. The Bertz CT molecular complexity index is 525. The highest BCUT2D eigenvalue weighted by Gasteiger charge is 2.11. The number of nitrogens with one attached hydrogen (secondary N) is 1. The summed E-state index contributed by atoms with van der Waals surface area (Å²) in [6.45, 7) is 2.11. The molecule has 1 unspecified atom stereocenters. The van der Waals surface area contributed by atoms with E-state index in [4.69, 9.17) is 0 Å². The van der Waals surface area contributed by atoms with Gasteiger partial charge >= 0.3 is 0 Å². The van der Waals surface area contributed by atoms with Gasteiger partial charge in [-0.15, -0.1) is 22.0 Å². The maximum absolute atomic E-state index is 4.21. The molecular weight excluding hydrogens is 258 g/mol. The van der Waals surface area contributed by atoms with Crippen LogP contribution in [-0.4, -0.2) is 39.0 Å².